The van der Waals surface area contributed by atoms with Crippen molar-refractivity contribution in [3.63, 3.8) is 0 Å². The van der Waals surface area contributed by atoms with Gasteiger partial charge in [0.2, 0.25) is 12.7 Å². The molecule has 9 nitrogen and oxygen atoms in total. The summed E-state index contributed by atoms with van der Waals surface area (Å²) in [6.07, 6.45) is 5.87. The van der Waals surface area contributed by atoms with Crippen molar-refractivity contribution in [2.24, 2.45) is 5.92 Å². The van der Waals surface area contributed by atoms with E-state index in [2.05, 4.69) is 16.0 Å². The minimum Gasteiger partial charge on any atom is -0.454 e. The number of rotatable bonds is 7. The van der Waals surface area contributed by atoms with Crippen molar-refractivity contribution in [1.82, 2.24) is 10.6 Å². The molecular formula is C22H31N3O6. The molecule has 9 heteroatoms. The smallest absolute Gasteiger partial charge is 0.319 e. The maximum atomic E-state index is 12.4. The van der Waals surface area contributed by atoms with Crippen LogP contribution < -0.4 is 25.4 Å². The van der Waals surface area contributed by atoms with Crippen LogP contribution in [0.25, 0.3) is 0 Å². The molecule has 31 heavy (non-hydrogen) atoms. The van der Waals surface area contributed by atoms with Gasteiger partial charge < -0.3 is 35.3 Å². The van der Waals surface area contributed by atoms with Crippen molar-refractivity contribution in [2.45, 2.75) is 63.2 Å². The van der Waals surface area contributed by atoms with Crippen molar-refractivity contribution < 1.29 is 28.9 Å². The van der Waals surface area contributed by atoms with Gasteiger partial charge in [0.05, 0.1) is 18.8 Å². The fraction of sp³-hybridized carbons (Fsp3) is 0.636. The molecule has 1 aromatic rings. The number of hydrogen-bond donors (Lipinski definition) is 4. The summed E-state index contributed by atoms with van der Waals surface area (Å²) in [7, 11) is 0. The number of benzene rings is 1. The highest BCUT2D eigenvalue weighted by Crippen LogP contribution is 2.34. The van der Waals surface area contributed by atoms with Gasteiger partial charge in [-0.3, -0.25) is 4.79 Å². The predicted octanol–water partition coefficient (Wildman–Crippen LogP) is 2.14. The fourth-order valence-electron chi connectivity index (χ4n) is 4.51. The number of urea groups is 1. The second kappa shape index (κ2) is 10.2. The van der Waals surface area contributed by atoms with Gasteiger partial charge in [0.15, 0.2) is 11.5 Å². The zero-order valence-corrected chi connectivity index (χ0v) is 17.6. The van der Waals surface area contributed by atoms with Gasteiger partial charge in [-0.2, -0.15) is 0 Å². The predicted molar refractivity (Wildman–Crippen MR) is 113 cm³/mol. The second-order valence-electron chi connectivity index (χ2n) is 8.39. The highest BCUT2D eigenvalue weighted by Gasteiger charge is 2.32. The van der Waals surface area contributed by atoms with Gasteiger partial charge in [0, 0.05) is 24.2 Å². The standard InChI is InChI=1S/C22H31N3O6/c26-12-20-17(25-22(28)24-15-5-8-18-19(11-15)30-13-29-18)7-6-16(31-20)9-10-23-21(27)14-3-1-2-4-14/h5,8,11,14,16-17,20,26H,1-4,6-7,9-10,12-13H2,(H,23,27)(H2,24,25,28)/t16-,17+,20+/m0/s1. The van der Waals surface area contributed by atoms with Crippen LogP contribution in [0.3, 0.4) is 0 Å². The molecule has 1 aliphatic carbocycles. The van der Waals surface area contributed by atoms with Crippen LogP contribution in [0, 0.1) is 5.92 Å². The van der Waals surface area contributed by atoms with Gasteiger partial charge in [-0.15, -0.1) is 0 Å². The molecule has 4 rings (SSSR count). The summed E-state index contributed by atoms with van der Waals surface area (Å²) >= 11 is 0. The van der Waals surface area contributed by atoms with Crippen molar-refractivity contribution >= 4 is 17.6 Å². The first kappa shape index (κ1) is 21.7. The Morgan fingerprint density at radius 3 is 2.68 bits per heavy atom. The Balaban J connectivity index is 1.20. The van der Waals surface area contributed by atoms with Gasteiger partial charge in [-0.25, -0.2) is 4.79 Å². The van der Waals surface area contributed by atoms with Gasteiger partial charge in [0.25, 0.3) is 0 Å². The van der Waals surface area contributed by atoms with E-state index in [0.717, 1.165) is 32.1 Å². The molecule has 0 aromatic heterocycles. The molecule has 1 saturated carbocycles. The first-order valence-electron chi connectivity index (χ1n) is 11.1. The maximum Gasteiger partial charge on any atom is 0.319 e. The molecular weight excluding hydrogens is 402 g/mol. The van der Waals surface area contributed by atoms with E-state index < -0.39 is 6.10 Å². The molecule has 2 aliphatic heterocycles. The van der Waals surface area contributed by atoms with Crippen molar-refractivity contribution in [3.8, 4) is 11.5 Å². The maximum absolute atomic E-state index is 12.4. The normalized spacial score (nSPS) is 25.3. The van der Waals surface area contributed by atoms with Crippen LogP contribution in [0.4, 0.5) is 10.5 Å². The van der Waals surface area contributed by atoms with Gasteiger partial charge >= 0.3 is 6.03 Å². The molecule has 170 valence electrons. The minimum atomic E-state index is -0.480. The van der Waals surface area contributed by atoms with E-state index in [9.17, 15) is 14.7 Å². The quantitative estimate of drug-likeness (QED) is 0.523. The topological polar surface area (TPSA) is 118 Å². The number of carbonyl (C=O) groups is 2. The molecule has 1 aromatic carbocycles. The molecule has 0 radical (unpaired) electrons. The SMILES string of the molecule is O=C(Nc1ccc2c(c1)OCO2)N[C@@H]1CC[C@@H](CCNC(=O)C2CCCC2)O[C@@H]1CO. The second-order valence-corrected chi connectivity index (χ2v) is 8.39. The zero-order chi connectivity index (χ0) is 21.6. The summed E-state index contributed by atoms with van der Waals surface area (Å²) < 4.78 is 16.6. The monoisotopic (exact) mass is 433 g/mol. The molecule has 3 amide bonds. The summed E-state index contributed by atoms with van der Waals surface area (Å²) in [5.74, 6) is 1.55. The highest BCUT2D eigenvalue weighted by atomic mass is 16.7. The number of anilines is 1. The molecule has 0 unspecified atom stereocenters. The van der Waals surface area contributed by atoms with E-state index in [1.54, 1.807) is 18.2 Å². The van der Waals surface area contributed by atoms with E-state index in [0.29, 0.717) is 36.6 Å². The molecule has 0 bridgehead atoms. The number of ether oxygens (including phenoxy) is 3. The Bertz CT molecular complexity index is 783. The number of hydrogen-bond acceptors (Lipinski definition) is 6. The third kappa shape index (κ3) is 5.59. The van der Waals surface area contributed by atoms with Crippen LogP contribution in [-0.4, -0.2) is 55.2 Å². The Hall–Kier alpha value is -2.52. The lowest BCUT2D eigenvalue weighted by Crippen LogP contribution is -2.52. The van der Waals surface area contributed by atoms with Crippen LogP contribution in [0.1, 0.15) is 44.9 Å². The molecule has 4 N–H and O–H groups in total. The van der Waals surface area contributed by atoms with Crippen molar-refractivity contribution in [2.75, 3.05) is 25.3 Å². The van der Waals surface area contributed by atoms with Crippen molar-refractivity contribution in [1.29, 1.82) is 0 Å². The third-order valence-corrected chi connectivity index (χ3v) is 6.23. The summed E-state index contributed by atoms with van der Waals surface area (Å²) in [4.78, 5) is 24.5. The molecule has 2 heterocycles. The summed E-state index contributed by atoms with van der Waals surface area (Å²) in [6.45, 7) is 0.564. The van der Waals surface area contributed by atoms with Crippen LogP contribution >= 0.6 is 0 Å². The number of nitrogens with one attached hydrogen (secondary N) is 3. The van der Waals surface area contributed by atoms with Gasteiger partial charge in [-0.1, -0.05) is 12.8 Å². The Morgan fingerprint density at radius 2 is 1.87 bits per heavy atom. The number of amides is 3. The lowest BCUT2D eigenvalue weighted by Gasteiger charge is -2.36. The third-order valence-electron chi connectivity index (χ3n) is 6.23. The Labute approximate surface area is 181 Å². The number of aliphatic hydroxyl groups excluding tert-OH is 1. The van der Waals surface area contributed by atoms with Crippen LogP contribution in [-0.2, 0) is 9.53 Å². The van der Waals surface area contributed by atoms with Crippen LogP contribution in [0.15, 0.2) is 18.2 Å². The van der Waals surface area contributed by atoms with Crippen LogP contribution in [0.5, 0.6) is 11.5 Å². The minimum absolute atomic E-state index is 0.0454. The van der Waals surface area contributed by atoms with Gasteiger partial charge in [0.1, 0.15) is 6.10 Å². The fourth-order valence-corrected chi connectivity index (χ4v) is 4.51. The number of fused-ring (bicyclic) bond motifs is 1. The number of carbonyl (C=O) groups excluding carboxylic acids is 2. The summed E-state index contributed by atoms with van der Waals surface area (Å²) in [6, 6.07) is 4.54. The number of aliphatic hydroxyl groups is 1. The molecule has 0 spiro atoms. The van der Waals surface area contributed by atoms with E-state index in [1.165, 1.54) is 0 Å². The zero-order valence-electron chi connectivity index (χ0n) is 17.6. The summed E-state index contributed by atoms with van der Waals surface area (Å²) in [5, 5.41) is 18.4. The van der Waals surface area contributed by atoms with E-state index in [4.69, 9.17) is 14.2 Å². The van der Waals surface area contributed by atoms with Crippen molar-refractivity contribution in [3.05, 3.63) is 18.2 Å². The molecule has 1 saturated heterocycles. The molecule has 3 aliphatic rings. The Kier molecular flexibility index (Phi) is 7.14. The highest BCUT2D eigenvalue weighted by molar-refractivity contribution is 5.90. The van der Waals surface area contributed by atoms with E-state index in [1.807, 2.05) is 0 Å². The van der Waals surface area contributed by atoms with E-state index in [-0.39, 0.29) is 43.4 Å². The first-order valence-corrected chi connectivity index (χ1v) is 11.1. The first-order chi connectivity index (χ1) is 15.1. The van der Waals surface area contributed by atoms with E-state index >= 15 is 0 Å². The summed E-state index contributed by atoms with van der Waals surface area (Å²) in [5.41, 5.74) is 0.593. The molecule has 2 fully saturated rings. The lowest BCUT2D eigenvalue weighted by molar-refractivity contribution is -0.125. The van der Waals surface area contributed by atoms with Crippen LogP contribution in [0.2, 0.25) is 0 Å². The molecule has 3 atom stereocenters. The lowest BCUT2D eigenvalue weighted by atomic mass is 9.97. The average molecular weight is 434 g/mol. The largest absolute Gasteiger partial charge is 0.454 e. The van der Waals surface area contributed by atoms with Gasteiger partial charge in [-0.05, 0) is 44.2 Å². The average Bonchev–Trinajstić information content (AvgIpc) is 3.46. The Morgan fingerprint density at radius 1 is 1.06 bits per heavy atom.